The Morgan fingerprint density at radius 2 is 2.00 bits per heavy atom. The van der Waals surface area contributed by atoms with E-state index in [9.17, 15) is 14.7 Å². The van der Waals surface area contributed by atoms with Crippen molar-refractivity contribution in [1.82, 2.24) is 14.4 Å². The first-order valence-corrected chi connectivity index (χ1v) is 9.21. The minimum atomic E-state index is -0.283. The van der Waals surface area contributed by atoms with E-state index in [0.29, 0.717) is 19.6 Å². The highest BCUT2D eigenvalue weighted by Crippen LogP contribution is 2.39. The number of aliphatic hydroxyl groups excluding tert-OH is 1. The number of hydrogen-bond donors (Lipinski definition) is 1. The van der Waals surface area contributed by atoms with Crippen LogP contribution in [-0.2, 0) is 6.54 Å². The van der Waals surface area contributed by atoms with Crippen LogP contribution < -0.4 is 5.56 Å². The highest BCUT2D eigenvalue weighted by atomic mass is 16.3. The molecule has 2 fully saturated rings. The molecule has 1 aromatic heterocycles. The van der Waals surface area contributed by atoms with E-state index in [1.165, 1.54) is 0 Å². The standard InChI is InChI=1S/C19H29N3O3/c1-4-22-14(2)5-6-16(18(22)25)17(24)21-9-7-19(8-10-21)11-15(23)12-20(3)13-19/h5-6,15,23H,4,7-13H2,1-3H3. The molecule has 1 spiro atoms. The fraction of sp³-hybridized carbons (Fsp3) is 0.684. The zero-order chi connectivity index (χ0) is 18.2. The van der Waals surface area contributed by atoms with E-state index in [0.717, 1.165) is 38.0 Å². The molecule has 1 aromatic rings. The number of piperidine rings is 2. The van der Waals surface area contributed by atoms with Crippen molar-refractivity contribution in [3.05, 3.63) is 33.7 Å². The third-order valence-corrected chi connectivity index (χ3v) is 5.85. The van der Waals surface area contributed by atoms with Crippen LogP contribution in [0, 0.1) is 12.3 Å². The molecular formula is C19H29N3O3. The fourth-order valence-electron chi connectivity index (χ4n) is 4.57. The van der Waals surface area contributed by atoms with Crippen molar-refractivity contribution < 1.29 is 9.90 Å². The third-order valence-electron chi connectivity index (χ3n) is 5.85. The predicted octanol–water partition coefficient (Wildman–Crippen LogP) is 1.10. The van der Waals surface area contributed by atoms with E-state index < -0.39 is 0 Å². The summed E-state index contributed by atoms with van der Waals surface area (Å²) < 4.78 is 1.64. The topological polar surface area (TPSA) is 65.8 Å². The number of β-amino-alcohol motifs (C(OH)–C–C–N with tert-alkyl or cyclic N) is 1. The van der Waals surface area contributed by atoms with Gasteiger partial charge in [0, 0.05) is 38.4 Å². The summed E-state index contributed by atoms with van der Waals surface area (Å²) >= 11 is 0. The largest absolute Gasteiger partial charge is 0.392 e. The Balaban J connectivity index is 1.73. The van der Waals surface area contributed by atoms with Crippen LogP contribution in [0.3, 0.4) is 0 Å². The lowest BCUT2D eigenvalue weighted by atomic mass is 9.71. The Morgan fingerprint density at radius 3 is 2.60 bits per heavy atom. The number of rotatable bonds is 2. The molecule has 138 valence electrons. The quantitative estimate of drug-likeness (QED) is 0.870. The molecule has 2 aliphatic rings. The molecule has 6 heteroatoms. The molecule has 1 unspecified atom stereocenters. The summed E-state index contributed by atoms with van der Waals surface area (Å²) in [4.78, 5) is 29.4. The molecule has 0 aliphatic carbocycles. The molecule has 1 atom stereocenters. The highest BCUT2D eigenvalue weighted by molar-refractivity contribution is 5.94. The number of likely N-dealkylation sites (N-methyl/N-ethyl adjacent to an activating group) is 1. The number of carbonyl (C=O) groups is 1. The van der Waals surface area contributed by atoms with Crippen LogP contribution in [0.4, 0.5) is 0 Å². The number of amides is 1. The van der Waals surface area contributed by atoms with Crippen LogP contribution in [0.15, 0.2) is 16.9 Å². The molecule has 1 amide bonds. The summed E-state index contributed by atoms with van der Waals surface area (Å²) in [6.45, 7) is 7.37. The Labute approximate surface area is 149 Å². The number of hydrogen-bond acceptors (Lipinski definition) is 4. The van der Waals surface area contributed by atoms with E-state index in [4.69, 9.17) is 0 Å². The average Bonchev–Trinajstić information content (AvgIpc) is 2.54. The zero-order valence-corrected chi connectivity index (χ0v) is 15.5. The molecule has 0 aromatic carbocycles. The van der Waals surface area contributed by atoms with Crippen molar-refractivity contribution in [2.24, 2.45) is 5.41 Å². The SMILES string of the molecule is CCn1c(C)ccc(C(=O)N2CCC3(CC2)CC(O)CN(C)C3)c1=O. The van der Waals surface area contributed by atoms with E-state index in [1.54, 1.807) is 15.5 Å². The van der Waals surface area contributed by atoms with E-state index in [2.05, 4.69) is 4.90 Å². The van der Waals surface area contributed by atoms with Gasteiger partial charge in [-0.3, -0.25) is 9.59 Å². The maximum Gasteiger partial charge on any atom is 0.263 e. The van der Waals surface area contributed by atoms with Gasteiger partial charge in [-0.15, -0.1) is 0 Å². The van der Waals surface area contributed by atoms with Gasteiger partial charge >= 0.3 is 0 Å². The number of nitrogens with zero attached hydrogens (tertiary/aromatic N) is 3. The van der Waals surface area contributed by atoms with Crippen molar-refractivity contribution >= 4 is 5.91 Å². The summed E-state index contributed by atoms with van der Waals surface area (Å²) in [7, 11) is 2.04. The molecule has 3 heterocycles. The van der Waals surface area contributed by atoms with Crippen LogP contribution >= 0.6 is 0 Å². The Hall–Kier alpha value is -1.66. The molecule has 0 radical (unpaired) electrons. The van der Waals surface area contributed by atoms with Gasteiger partial charge in [0.1, 0.15) is 5.56 Å². The molecule has 25 heavy (non-hydrogen) atoms. The number of aryl methyl sites for hydroxylation is 1. The molecule has 2 saturated heterocycles. The van der Waals surface area contributed by atoms with Gasteiger partial charge in [-0.25, -0.2) is 0 Å². The van der Waals surface area contributed by atoms with Crippen LogP contribution in [0.2, 0.25) is 0 Å². The van der Waals surface area contributed by atoms with Gasteiger partial charge in [0.15, 0.2) is 0 Å². The lowest BCUT2D eigenvalue weighted by Gasteiger charge is -2.48. The third kappa shape index (κ3) is 3.51. The summed E-state index contributed by atoms with van der Waals surface area (Å²) in [5.74, 6) is -0.160. The van der Waals surface area contributed by atoms with Gasteiger partial charge in [-0.2, -0.15) is 0 Å². The van der Waals surface area contributed by atoms with Gasteiger partial charge in [-0.05, 0) is 57.7 Å². The molecule has 2 aliphatic heterocycles. The van der Waals surface area contributed by atoms with Crippen LogP contribution in [0.1, 0.15) is 42.2 Å². The van der Waals surface area contributed by atoms with Crippen molar-refractivity contribution in [3.8, 4) is 0 Å². The van der Waals surface area contributed by atoms with E-state index in [-0.39, 0.29) is 28.5 Å². The fourth-order valence-corrected chi connectivity index (χ4v) is 4.57. The maximum atomic E-state index is 12.9. The summed E-state index contributed by atoms with van der Waals surface area (Å²) in [5, 5.41) is 10.1. The second kappa shape index (κ2) is 6.92. The molecule has 6 nitrogen and oxygen atoms in total. The molecule has 0 saturated carbocycles. The predicted molar refractivity (Wildman–Crippen MR) is 96.8 cm³/mol. The average molecular weight is 347 g/mol. The van der Waals surface area contributed by atoms with Crippen molar-refractivity contribution in [3.63, 3.8) is 0 Å². The highest BCUT2D eigenvalue weighted by Gasteiger charge is 2.41. The minimum Gasteiger partial charge on any atom is -0.392 e. The van der Waals surface area contributed by atoms with Gasteiger partial charge < -0.3 is 19.5 Å². The smallest absolute Gasteiger partial charge is 0.263 e. The Morgan fingerprint density at radius 1 is 1.32 bits per heavy atom. The normalized spacial score (nSPS) is 23.8. The van der Waals surface area contributed by atoms with E-state index >= 15 is 0 Å². The number of aliphatic hydroxyl groups is 1. The number of pyridine rings is 1. The Kier molecular flexibility index (Phi) is 5.02. The lowest BCUT2D eigenvalue weighted by Crippen LogP contribution is -2.53. The number of likely N-dealkylation sites (tertiary alicyclic amines) is 2. The molecule has 1 N–H and O–H groups in total. The van der Waals surface area contributed by atoms with Gasteiger partial charge in [0.25, 0.3) is 11.5 Å². The van der Waals surface area contributed by atoms with Crippen molar-refractivity contribution in [1.29, 1.82) is 0 Å². The second-order valence-electron chi connectivity index (χ2n) is 7.78. The number of carbonyl (C=O) groups excluding carboxylic acids is 1. The van der Waals surface area contributed by atoms with E-state index in [1.807, 2.05) is 27.0 Å². The molecule has 3 rings (SSSR count). The van der Waals surface area contributed by atoms with Crippen LogP contribution in [0.25, 0.3) is 0 Å². The summed E-state index contributed by atoms with van der Waals surface area (Å²) in [6, 6.07) is 3.50. The first-order chi connectivity index (χ1) is 11.8. The summed E-state index contributed by atoms with van der Waals surface area (Å²) in [5.41, 5.74) is 1.05. The zero-order valence-electron chi connectivity index (χ0n) is 15.5. The van der Waals surface area contributed by atoms with Crippen molar-refractivity contribution in [2.75, 3.05) is 33.2 Å². The van der Waals surface area contributed by atoms with Gasteiger partial charge in [0.05, 0.1) is 6.10 Å². The monoisotopic (exact) mass is 347 g/mol. The first kappa shape index (κ1) is 18.1. The van der Waals surface area contributed by atoms with Gasteiger partial charge in [0.2, 0.25) is 0 Å². The number of aromatic nitrogens is 1. The molecular weight excluding hydrogens is 318 g/mol. The minimum absolute atomic E-state index is 0.0973. The summed E-state index contributed by atoms with van der Waals surface area (Å²) in [6.07, 6.45) is 2.30. The lowest BCUT2D eigenvalue weighted by molar-refractivity contribution is -0.0287. The maximum absolute atomic E-state index is 12.9. The van der Waals surface area contributed by atoms with Crippen molar-refractivity contribution in [2.45, 2.75) is 45.8 Å². The Bertz CT molecular complexity index is 692. The second-order valence-corrected chi connectivity index (χ2v) is 7.78. The van der Waals surface area contributed by atoms with Gasteiger partial charge in [-0.1, -0.05) is 0 Å². The molecule has 0 bridgehead atoms. The first-order valence-electron chi connectivity index (χ1n) is 9.21. The van der Waals surface area contributed by atoms with Crippen LogP contribution in [0.5, 0.6) is 0 Å². The van der Waals surface area contributed by atoms with Crippen LogP contribution in [-0.4, -0.2) is 64.7 Å².